The number of anilines is 1. The number of carbonyl (C=O) groups is 2. The monoisotopic (exact) mass is 464 g/mol. The highest BCUT2D eigenvalue weighted by Crippen LogP contribution is 2.32. The van der Waals surface area contributed by atoms with Gasteiger partial charge < -0.3 is 25.3 Å². The molecule has 0 saturated heterocycles. The van der Waals surface area contributed by atoms with Crippen LogP contribution in [0.15, 0.2) is 42.5 Å². The summed E-state index contributed by atoms with van der Waals surface area (Å²) in [5.74, 6) is 0.482. The second-order valence-electron chi connectivity index (χ2n) is 9.44. The number of aryl methyl sites for hydroxylation is 1. The Morgan fingerprint density at radius 1 is 1.06 bits per heavy atom. The van der Waals surface area contributed by atoms with Gasteiger partial charge >= 0.3 is 0 Å². The van der Waals surface area contributed by atoms with Crippen LogP contribution in [-0.4, -0.2) is 36.6 Å². The van der Waals surface area contributed by atoms with Gasteiger partial charge in [-0.3, -0.25) is 9.59 Å². The molecule has 0 atom stereocenters. The largest absolute Gasteiger partial charge is 0.495 e. The number of nitrogens with one attached hydrogen (secondary N) is 3. The molecule has 0 fully saturated rings. The molecule has 3 aromatic rings. The summed E-state index contributed by atoms with van der Waals surface area (Å²) >= 11 is 0. The van der Waals surface area contributed by atoms with Crippen LogP contribution in [0.2, 0.25) is 0 Å². The van der Waals surface area contributed by atoms with Crippen molar-refractivity contribution in [3.63, 3.8) is 0 Å². The van der Waals surface area contributed by atoms with Crippen LogP contribution in [0.1, 0.15) is 55.7 Å². The van der Waals surface area contributed by atoms with Crippen LogP contribution in [0.25, 0.3) is 10.9 Å². The van der Waals surface area contributed by atoms with E-state index < -0.39 is 0 Å². The van der Waals surface area contributed by atoms with Gasteiger partial charge in [0.1, 0.15) is 11.4 Å². The van der Waals surface area contributed by atoms with Crippen molar-refractivity contribution in [2.75, 3.05) is 25.5 Å². The zero-order chi connectivity index (χ0) is 24.9. The molecule has 3 rings (SSSR count). The summed E-state index contributed by atoms with van der Waals surface area (Å²) in [5, 5.41) is 10.3. The van der Waals surface area contributed by atoms with Crippen molar-refractivity contribution < 1.29 is 14.3 Å². The van der Waals surface area contributed by atoms with Crippen LogP contribution in [0.5, 0.6) is 5.75 Å². The minimum atomic E-state index is -0.191. The zero-order valence-electron chi connectivity index (χ0n) is 21.0. The van der Waals surface area contributed by atoms with Gasteiger partial charge in [0.15, 0.2) is 0 Å². The van der Waals surface area contributed by atoms with Crippen LogP contribution < -0.4 is 20.7 Å². The molecule has 0 aliphatic rings. The molecule has 0 bridgehead atoms. The minimum Gasteiger partial charge on any atom is -0.495 e. The van der Waals surface area contributed by atoms with Crippen LogP contribution in [0.3, 0.4) is 0 Å². The van der Waals surface area contributed by atoms with Crippen LogP contribution >= 0.6 is 0 Å². The van der Waals surface area contributed by atoms with E-state index in [0.29, 0.717) is 43.2 Å². The first kappa shape index (κ1) is 25.3. The van der Waals surface area contributed by atoms with E-state index in [0.717, 1.165) is 22.0 Å². The minimum absolute atomic E-state index is 0.0478. The quantitative estimate of drug-likeness (QED) is 0.411. The van der Waals surface area contributed by atoms with E-state index in [1.54, 1.807) is 7.11 Å². The van der Waals surface area contributed by atoms with E-state index in [4.69, 9.17) is 4.74 Å². The zero-order valence-corrected chi connectivity index (χ0v) is 21.0. The molecule has 1 heterocycles. The second-order valence-corrected chi connectivity index (χ2v) is 9.44. The molecule has 0 aliphatic heterocycles. The highest BCUT2D eigenvalue weighted by molar-refractivity contribution is 6.07. The van der Waals surface area contributed by atoms with E-state index >= 15 is 0 Å². The van der Waals surface area contributed by atoms with Gasteiger partial charge in [-0.2, -0.15) is 0 Å². The Morgan fingerprint density at radius 2 is 1.82 bits per heavy atom. The predicted molar refractivity (Wildman–Crippen MR) is 138 cm³/mol. The molecule has 0 saturated carbocycles. The van der Waals surface area contributed by atoms with Gasteiger partial charge in [-0.15, -0.1) is 0 Å². The summed E-state index contributed by atoms with van der Waals surface area (Å²) < 4.78 is 7.42. The van der Waals surface area contributed by atoms with Gasteiger partial charge in [-0.05, 0) is 34.7 Å². The van der Waals surface area contributed by atoms with Gasteiger partial charge in [0.25, 0.3) is 5.91 Å². The van der Waals surface area contributed by atoms with E-state index in [1.807, 2.05) is 54.9 Å². The molecule has 7 heteroatoms. The van der Waals surface area contributed by atoms with E-state index in [1.165, 1.54) is 0 Å². The molecule has 0 unspecified atom stereocenters. The fraction of sp³-hybridized carbons (Fsp3) is 0.407. The molecule has 1 aromatic heterocycles. The summed E-state index contributed by atoms with van der Waals surface area (Å²) in [6.45, 7) is 10.1. The fourth-order valence-electron chi connectivity index (χ4n) is 3.96. The summed E-state index contributed by atoms with van der Waals surface area (Å²) in [7, 11) is 3.51. The number of hydrogen-bond donors (Lipinski definition) is 3. The third-order valence-corrected chi connectivity index (χ3v) is 5.95. The maximum absolute atomic E-state index is 13.3. The summed E-state index contributed by atoms with van der Waals surface area (Å²) in [5.41, 5.74) is 4.39. The van der Waals surface area contributed by atoms with Crippen molar-refractivity contribution in [1.29, 1.82) is 0 Å². The number of amides is 2. The van der Waals surface area contributed by atoms with Crippen molar-refractivity contribution in [2.45, 2.75) is 46.1 Å². The third-order valence-electron chi connectivity index (χ3n) is 5.95. The number of methoxy groups -OCH3 is 1. The first-order valence-electron chi connectivity index (χ1n) is 11.7. The lowest BCUT2D eigenvalue weighted by atomic mass is 9.87. The number of aromatic nitrogens is 1. The summed E-state index contributed by atoms with van der Waals surface area (Å²) in [6.07, 6.45) is 0.486. The number of para-hydroxylation sites is 1. The molecular formula is C27H36N4O3. The number of rotatable bonds is 9. The van der Waals surface area contributed by atoms with Gasteiger partial charge in [0.2, 0.25) is 5.91 Å². The third kappa shape index (κ3) is 5.78. The average molecular weight is 465 g/mol. The molecule has 2 aromatic carbocycles. The molecule has 34 heavy (non-hydrogen) atoms. The highest BCUT2D eigenvalue weighted by Gasteiger charge is 2.20. The Hall–Kier alpha value is -3.32. The summed E-state index contributed by atoms with van der Waals surface area (Å²) in [4.78, 5) is 24.7. The highest BCUT2D eigenvalue weighted by atomic mass is 16.5. The maximum Gasteiger partial charge on any atom is 0.272 e. The predicted octanol–water partition coefficient (Wildman–Crippen LogP) is 4.35. The Balaban J connectivity index is 1.80. The number of hydrogen-bond acceptors (Lipinski definition) is 4. The van der Waals surface area contributed by atoms with Crippen molar-refractivity contribution in [3.05, 3.63) is 59.3 Å². The SMILES string of the molecule is CCC(=O)NCCNCc1cccc2cc(C(=O)Nc3cc(C(C)(C)C)ccc3OC)n(C)c12. The average Bonchev–Trinajstić information content (AvgIpc) is 3.15. The van der Waals surface area contributed by atoms with Crippen molar-refractivity contribution >= 4 is 28.4 Å². The van der Waals surface area contributed by atoms with Gasteiger partial charge in [-0.1, -0.05) is 52.0 Å². The topological polar surface area (TPSA) is 84.4 Å². The lowest BCUT2D eigenvalue weighted by molar-refractivity contribution is -0.120. The summed E-state index contributed by atoms with van der Waals surface area (Å²) in [6, 6.07) is 13.9. The number of fused-ring (bicyclic) bond motifs is 1. The Labute approximate surface area is 201 Å². The van der Waals surface area contributed by atoms with Gasteiger partial charge in [0.05, 0.1) is 18.3 Å². The molecule has 182 valence electrons. The van der Waals surface area contributed by atoms with Crippen LogP contribution in [0, 0.1) is 0 Å². The molecule has 0 aliphatic carbocycles. The molecule has 0 radical (unpaired) electrons. The van der Waals surface area contributed by atoms with Gasteiger partial charge in [-0.25, -0.2) is 0 Å². The second kappa shape index (κ2) is 10.7. The lowest BCUT2D eigenvalue weighted by Crippen LogP contribution is -2.31. The van der Waals surface area contributed by atoms with Crippen molar-refractivity contribution in [3.8, 4) is 5.75 Å². The van der Waals surface area contributed by atoms with E-state index in [-0.39, 0.29) is 17.2 Å². The lowest BCUT2D eigenvalue weighted by Gasteiger charge is -2.21. The number of carbonyl (C=O) groups excluding carboxylic acids is 2. The number of nitrogens with zero attached hydrogens (tertiary/aromatic N) is 1. The van der Waals surface area contributed by atoms with Crippen molar-refractivity contribution in [2.24, 2.45) is 7.05 Å². The number of benzene rings is 2. The molecule has 3 N–H and O–H groups in total. The molecule has 7 nitrogen and oxygen atoms in total. The standard InChI is InChI=1S/C27H36N4O3/c1-7-24(32)29-14-13-28-17-19-10-8-9-18-15-22(31(5)25(18)19)26(33)30-21-16-20(27(2,3)4)11-12-23(21)34-6/h8-12,15-16,28H,7,13-14,17H2,1-6H3,(H,29,32)(H,30,33). The van der Waals surface area contributed by atoms with Crippen LogP contribution in [-0.2, 0) is 23.8 Å². The van der Waals surface area contributed by atoms with Crippen molar-refractivity contribution in [1.82, 2.24) is 15.2 Å². The number of ether oxygens (including phenoxy) is 1. The first-order valence-corrected chi connectivity index (χ1v) is 11.7. The van der Waals surface area contributed by atoms with E-state index in [9.17, 15) is 9.59 Å². The van der Waals surface area contributed by atoms with Gasteiger partial charge in [0, 0.05) is 38.5 Å². The van der Waals surface area contributed by atoms with Crippen LogP contribution in [0.4, 0.5) is 5.69 Å². The normalized spacial score (nSPS) is 11.5. The maximum atomic E-state index is 13.3. The molecular weight excluding hydrogens is 428 g/mol. The van der Waals surface area contributed by atoms with E-state index in [2.05, 4.69) is 42.8 Å². The Kier molecular flexibility index (Phi) is 7.99. The Morgan fingerprint density at radius 3 is 2.50 bits per heavy atom. The molecule has 2 amide bonds. The Bertz CT molecular complexity index is 1170. The molecule has 0 spiro atoms. The fourth-order valence-corrected chi connectivity index (χ4v) is 3.96. The smallest absolute Gasteiger partial charge is 0.272 e. The first-order chi connectivity index (χ1) is 16.2.